The molecule has 0 fully saturated rings. The second kappa shape index (κ2) is 8.57. The first-order valence-corrected chi connectivity index (χ1v) is 8.64. The number of tetrazole rings is 1. The number of hydrogen-bond donors (Lipinski definition) is 1. The molecule has 130 valence electrons. The Labute approximate surface area is 143 Å². The summed E-state index contributed by atoms with van der Waals surface area (Å²) >= 11 is 0. The molecule has 1 aromatic heterocycles. The molecule has 6 heteroatoms. The van der Waals surface area contributed by atoms with Crippen LogP contribution in [0.5, 0.6) is 0 Å². The highest BCUT2D eigenvalue weighted by Crippen LogP contribution is 2.14. The van der Waals surface area contributed by atoms with E-state index in [1.807, 2.05) is 19.1 Å². The normalized spacial score (nSPS) is 12.4. The summed E-state index contributed by atoms with van der Waals surface area (Å²) in [5.74, 6) is 1.10. The summed E-state index contributed by atoms with van der Waals surface area (Å²) in [6, 6.07) is 8.23. The maximum absolute atomic E-state index is 12.1. The van der Waals surface area contributed by atoms with Crippen molar-refractivity contribution in [3.05, 3.63) is 29.8 Å². The van der Waals surface area contributed by atoms with Gasteiger partial charge < -0.3 is 5.32 Å². The monoisotopic (exact) mass is 329 g/mol. The molecule has 0 radical (unpaired) electrons. The highest BCUT2D eigenvalue weighted by atomic mass is 16.2. The lowest BCUT2D eigenvalue weighted by atomic mass is 10.0. The molecule has 2 rings (SSSR count). The molecule has 0 aliphatic rings. The standard InChI is InChI=1S/C18H27N5O/c1-5-15-8-10-16(11-9-15)18-20-22-23(21-18)12-17(24)19-14(4)7-6-13(2)3/h8-11,13-14H,5-7,12H2,1-4H3,(H,19,24)/t14-/m0/s1. The fourth-order valence-electron chi connectivity index (χ4n) is 2.42. The molecule has 1 atom stereocenters. The van der Waals surface area contributed by atoms with Crippen LogP contribution in [0.3, 0.4) is 0 Å². The van der Waals surface area contributed by atoms with Crippen molar-refractivity contribution in [2.24, 2.45) is 5.92 Å². The third kappa shape index (κ3) is 5.44. The van der Waals surface area contributed by atoms with E-state index in [0.717, 1.165) is 24.8 Å². The number of carbonyl (C=O) groups excluding carboxylic acids is 1. The van der Waals surface area contributed by atoms with Crippen molar-refractivity contribution in [1.82, 2.24) is 25.5 Å². The topological polar surface area (TPSA) is 72.7 Å². The minimum absolute atomic E-state index is 0.0865. The molecule has 0 aliphatic heterocycles. The Hall–Kier alpha value is -2.24. The molecule has 6 nitrogen and oxygen atoms in total. The van der Waals surface area contributed by atoms with Crippen molar-refractivity contribution in [3.63, 3.8) is 0 Å². The zero-order chi connectivity index (χ0) is 17.5. The minimum Gasteiger partial charge on any atom is -0.352 e. The molecule has 1 heterocycles. The summed E-state index contributed by atoms with van der Waals surface area (Å²) in [6.45, 7) is 8.59. The van der Waals surface area contributed by atoms with E-state index in [-0.39, 0.29) is 18.5 Å². The third-order valence-corrected chi connectivity index (χ3v) is 3.94. The van der Waals surface area contributed by atoms with E-state index in [1.165, 1.54) is 10.4 Å². The maximum atomic E-state index is 12.1. The molecule has 0 unspecified atom stereocenters. The predicted molar refractivity (Wildman–Crippen MR) is 94.3 cm³/mol. The first-order valence-electron chi connectivity index (χ1n) is 8.64. The van der Waals surface area contributed by atoms with Gasteiger partial charge in [-0.05, 0) is 42.9 Å². The molecule has 0 spiro atoms. The fraction of sp³-hybridized carbons (Fsp3) is 0.556. The van der Waals surface area contributed by atoms with Gasteiger partial charge >= 0.3 is 0 Å². The summed E-state index contributed by atoms with van der Waals surface area (Å²) in [4.78, 5) is 13.4. The minimum atomic E-state index is -0.0865. The van der Waals surface area contributed by atoms with Crippen LogP contribution in [0.15, 0.2) is 24.3 Å². The fourth-order valence-corrected chi connectivity index (χ4v) is 2.42. The molecular weight excluding hydrogens is 302 g/mol. The largest absolute Gasteiger partial charge is 0.352 e. The molecular formula is C18H27N5O. The molecule has 0 saturated carbocycles. The van der Waals surface area contributed by atoms with E-state index in [4.69, 9.17) is 0 Å². The highest BCUT2D eigenvalue weighted by molar-refractivity contribution is 5.75. The van der Waals surface area contributed by atoms with Gasteiger partial charge in [0, 0.05) is 11.6 Å². The first kappa shape index (κ1) is 18.1. The maximum Gasteiger partial charge on any atom is 0.243 e. The number of aromatic nitrogens is 4. The van der Waals surface area contributed by atoms with E-state index < -0.39 is 0 Å². The van der Waals surface area contributed by atoms with Gasteiger partial charge in [-0.3, -0.25) is 4.79 Å². The van der Waals surface area contributed by atoms with E-state index in [2.05, 4.69) is 53.6 Å². The number of nitrogens with zero attached hydrogens (tertiary/aromatic N) is 4. The van der Waals surface area contributed by atoms with Gasteiger partial charge in [0.1, 0.15) is 6.54 Å². The number of benzene rings is 1. The summed E-state index contributed by atoms with van der Waals surface area (Å²) in [5, 5.41) is 15.3. The van der Waals surface area contributed by atoms with Crippen molar-refractivity contribution in [3.8, 4) is 11.4 Å². The number of nitrogens with one attached hydrogen (secondary N) is 1. The molecule has 0 aliphatic carbocycles. The van der Waals surface area contributed by atoms with Crippen LogP contribution in [0.4, 0.5) is 0 Å². The SMILES string of the molecule is CCc1ccc(-c2nnn(CC(=O)N[C@@H](C)CCC(C)C)n2)cc1. The second-order valence-electron chi connectivity index (χ2n) is 6.63. The molecule has 24 heavy (non-hydrogen) atoms. The molecule has 1 amide bonds. The van der Waals surface area contributed by atoms with Crippen molar-refractivity contribution >= 4 is 5.91 Å². The van der Waals surface area contributed by atoms with Crippen LogP contribution in [-0.4, -0.2) is 32.2 Å². The van der Waals surface area contributed by atoms with E-state index >= 15 is 0 Å². The van der Waals surface area contributed by atoms with Crippen molar-refractivity contribution in [2.45, 2.75) is 59.5 Å². The van der Waals surface area contributed by atoms with Crippen LogP contribution >= 0.6 is 0 Å². The predicted octanol–water partition coefficient (Wildman–Crippen LogP) is 2.84. The Balaban J connectivity index is 1.89. The number of hydrogen-bond acceptors (Lipinski definition) is 4. The molecule has 2 aromatic rings. The first-order chi connectivity index (χ1) is 11.5. The summed E-state index contributed by atoms with van der Waals surface area (Å²) in [7, 11) is 0. The van der Waals surface area contributed by atoms with Crippen molar-refractivity contribution < 1.29 is 4.79 Å². The summed E-state index contributed by atoms with van der Waals surface area (Å²) < 4.78 is 0. The average Bonchev–Trinajstić information content (AvgIpc) is 3.01. The Kier molecular flexibility index (Phi) is 6.46. The average molecular weight is 329 g/mol. The van der Waals surface area contributed by atoms with Gasteiger partial charge in [-0.15, -0.1) is 10.2 Å². The Bertz CT molecular complexity index is 648. The summed E-state index contributed by atoms with van der Waals surface area (Å²) in [5.41, 5.74) is 2.17. The Morgan fingerprint density at radius 1 is 1.17 bits per heavy atom. The van der Waals surface area contributed by atoms with Crippen LogP contribution in [-0.2, 0) is 17.8 Å². The number of rotatable bonds is 8. The lowest BCUT2D eigenvalue weighted by Crippen LogP contribution is -2.35. The van der Waals surface area contributed by atoms with Crippen LogP contribution in [0.2, 0.25) is 0 Å². The van der Waals surface area contributed by atoms with Gasteiger partial charge in [0.25, 0.3) is 0 Å². The van der Waals surface area contributed by atoms with Gasteiger partial charge in [0.15, 0.2) is 0 Å². The lowest BCUT2D eigenvalue weighted by molar-refractivity contribution is -0.122. The highest BCUT2D eigenvalue weighted by Gasteiger charge is 2.12. The van der Waals surface area contributed by atoms with Gasteiger partial charge in [-0.2, -0.15) is 4.80 Å². The third-order valence-electron chi connectivity index (χ3n) is 3.94. The van der Waals surface area contributed by atoms with E-state index in [9.17, 15) is 4.79 Å². The molecule has 1 aromatic carbocycles. The van der Waals surface area contributed by atoms with Crippen molar-refractivity contribution in [2.75, 3.05) is 0 Å². The van der Waals surface area contributed by atoms with Crippen LogP contribution in [0, 0.1) is 5.92 Å². The van der Waals surface area contributed by atoms with Crippen LogP contribution < -0.4 is 5.32 Å². The second-order valence-corrected chi connectivity index (χ2v) is 6.63. The van der Waals surface area contributed by atoms with Gasteiger partial charge in [0.05, 0.1) is 0 Å². The van der Waals surface area contributed by atoms with Gasteiger partial charge in [-0.1, -0.05) is 45.0 Å². The number of amides is 1. The quantitative estimate of drug-likeness (QED) is 0.808. The molecule has 0 bridgehead atoms. The van der Waals surface area contributed by atoms with Gasteiger partial charge in [0.2, 0.25) is 11.7 Å². The van der Waals surface area contributed by atoms with Crippen LogP contribution in [0.1, 0.15) is 46.1 Å². The van der Waals surface area contributed by atoms with Gasteiger partial charge in [-0.25, -0.2) is 0 Å². The zero-order valence-electron chi connectivity index (χ0n) is 15.0. The van der Waals surface area contributed by atoms with E-state index in [0.29, 0.717) is 11.7 Å². The Morgan fingerprint density at radius 2 is 1.88 bits per heavy atom. The Morgan fingerprint density at radius 3 is 2.50 bits per heavy atom. The lowest BCUT2D eigenvalue weighted by Gasteiger charge is -2.14. The smallest absolute Gasteiger partial charge is 0.243 e. The number of aryl methyl sites for hydroxylation is 1. The molecule has 1 N–H and O–H groups in total. The number of carbonyl (C=O) groups is 1. The summed E-state index contributed by atoms with van der Waals surface area (Å²) in [6.07, 6.45) is 3.07. The van der Waals surface area contributed by atoms with Crippen LogP contribution in [0.25, 0.3) is 11.4 Å². The zero-order valence-corrected chi connectivity index (χ0v) is 15.0. The molecule has 0 saturated heterocycles. The van der Waals surface area contributed by atoms with E-state index in [1.54, 1.807) is 0 Å². The van der Waals surface area contributed by atoms with Crippen molar-refractivity contribution in [1.29, 1.82) is 0 Å².